The van der Waals surface area contributed by atoms with Crippen LogP contribution in [0.3, 0.4) is 0 Å². The average Bonchev–Trinajstić information content (AvgIpc) is 2.25. The first-order chi connectivity index (χ1) is 7.40. The summed E-state index contributed by atoms with van der Waals surface area (Å²) in [4.78, 5) is 11.3. The average molecular weight is 228 g/mol. The molecule has 0 aliphatic heterocycles. The van der Waals surface area contributed by atoms with Crippen molar-refractivity contribution in [3.8, 4) is 5.75 Å². The van der Waals surface area contributed by atoms with E-state index in [0.717, 1.165) is 18.2 Å². The lowest BCUT2D eigenvalue weighted by molar-refractivity contribution is -0.137. The van der Waals surface area contributed by atoms with Crippen LogP contribution in [0.15, 0.2) is 18.2 Å². The Morgan fingerprint density at radius 2 is 2.06 bits per heavy atom. The minimum Gasteiger partial charge on any atom is -0.496 e. The standard InChI is InChI=1S/C10H8BF3O2/c1-16-9-3-2-6(10(12,13)14)4-7(9)8(15)5-11/h2-4H,5H2,1H3. The number of carbonyl (C=O) groups is 1. The fourth-order valence-electron chi connectivity index (χ4n) is 1.21. The fraction of sp³-hybridized carbons (Fsp3) is 0.300. The second-order valence-electron chi connectivity index (χ2n) is 3.04. The summed E-state index contributed by atoms with van der Waals surface area (Å²) in [5, 5.41) is 0. The molecule has 0 N–H and O–H groups in total. The van der Waals surface area contributed by atoms with Crippen molar-refractivity contribution >= 4 is 13.6 Å². The smallest absolute Gasteiger partial charge is 0.416 e. The van der Waals surface area contributed by atoms with Crippen molar-refractivity contribution in [2.45, 2.75) is 12.5 Å². The number of Topliss-reactive ketones (excluding diaryl/α,β-unsaturated/α-hetero) is 1. The molecule has 0 fully saturated rings. The summed E-state index contributed by atoms with van der Waals surface area (Å²) >= 11 is 0. The van der Waals surface area contributed by atoms with Crippen LogP contribution in [0.5, 0.6) is 5.75 Å². The number of halogens is 3. The summed E-state index contributed by atoms with van der Waals surface area (Å²) < 4.78 is 42.0. The number of carbonyl (C=O) groups excluding carboxylic acids is 1. The summed E-state index contributed by atoms with van der Waals surface area (Å²) in [5.74, 6) is -0.508. The van der Waals surface area contributed by atoms with Gasteiger partial charge in [-0.2, -0.15) is 13.2 Å². The number of methoxy groups -OCH3 is 1. The van der Waals surface area contributed by atoms with E-state index in [4.69, 9.17) is 12.6 Å². The predicted molar refractivity (Wildman–Crippen MR) is 52.9 cm³/mol. The summed E-state index contributed by atoms with van der Waals surface area (Å²) in [6.07, 6.45) is -4.85. The minimum atomic E-state index is -4.49. The van der Waals surface area contributed by atoms with Gasteiger partial charge in [0.25, 0.3) is 0 Å². The normalized spacial score (nSPS) is 11.2. The third kappa shape index (κ3) is 2.56. The van der Waals surface area contributed by atoms with Crippen LogP contribution < -0.4 is 4.74 Å². The zero-order chi connectivity index (χ0) is 12.3. The third-order valence-electron chi connectivity index (χ3n) is 2.01. The van der Waals surface area contributed by atoms with E-state index in [-0.39, 0.29) is 17.6 Å². The van der Waals surface area contributed by atoms with Gasteiger partial charge in [-0.3, -0.25) is 4.79 Å². The molecular weight excluding hydrogens is 220 g/mol. The molecule has 6 heteroatoms. The third-order valence-corrected chi connectivity index (χ3v) is 2.01. The summed E-state index contributed by atoms with van der Waals surface area (Å²) in [5.41, 5.74) is -1.05. The number of alkyl halides is 3. The molecule has 1 rings (SSSR count). The van der Waals surface area contributed by atoms with Crippen LogP contribution in [0.2, 0.25) is 6.32 Å². The maximum atomic E-state index is 12.4. The number of hydrogen-bond donors (Lipinski definition) is 0. The lowest BCUT2D eigenvalue weighted by Crippen LogP contribution is -2.08. The minimum absolute atomic E-state index is 0.0865. The maximum absolute atomic E-state index is 12.4. The van der Waals surface area contributed by atoms with Gasteiger partial charge in [0.05, 0.1) is 26.1 Å². The molecule has 84 valence electrons. The van der Waals surface area contributed by atoms with Gasteiger partial charge in [-0.15, -0.1) is 0 Å². The first-order valence-corrected chi connectivity index (χ1v) is 4.38. The van der Waals surface area contributed by atoms with Crippen molar-refractivity contribution in [3.63, 3.8) is 0 Å². The lowest BCUT2D eigenvalue weighted by Gasteiger charge is -2.11. The van der Waals surface area contributed by atoms with E-state index in [9.17, 15) is 18.0 Å². The van der Waals surface area contributed by atoms with Gasteiger partial charge in [-0.1, -0.05) is 0 Å². The molecule has 0 bridgehead atoms. The SMILES string of the molecule is [B]CC(=O)c1cc(C(F)(F)F)ccc1OC. The number of benzene rings is 1. The highest BCUT2D eigenvalue weighted by molar-refractivity contribution is 6.24. The molecule has 0 aliphatic rings. The van der Waals surface area contributed by atoms with Crippen LogP contribution in [0.4, 0.5) is 13.2 Å². The topological polar surface area (TPSA) is 26.3 Å². The molecule has 0 heterocycles. The van der Waals surface area contributed by atoms with E-state index >= 15 is 0 Å². The van der Waals surface area contributed by atoms with Crippen molar-refractivity contribution in [3.05, 3.63) is 29.3 Å². The van der Waals surface area contributed by atoms with Gasteiger partial charge in [0.2, 0.25) is 0 Å². The quantitative estimate of drug-likeness (QED) is 0.586. The van der Waals surface area contributed by atoms with Gasteiger partial charge in [0.15, 0.2) is 5.78 Å². The van der Waals surface area contributed by atoms with Gasteiger partial charge >= 0.3 is 6.18 Å². The van der Waals surface area contributed by atoms with Crippen LogP contribution in [0.1, 0.15) is 15.9 Å². The Labute approximate surface area is 91.8 Å². The van der Waals surface area contributed by atoms with Crippen molar-refractivity contribution in [1.82, 2.24) is 0 Å². The molecule has 0 unspecified atom stereocenters. The van der Waals surface area contributed by atoms with Crippen molar-refractivity contribution in [2.75, 3.05) is 7.11 Å². The monoisotopic (exact) mass is 228 g/mol. The number of rotatable bonds is 3. The Bertz CT molecular complexity index is 402. The zero-order valence-electron chi connectivity index (χ0n) is 8.47. The summed E-state index contributed by atoms with van der Waals surface area (Å²) in [6.45, 7) is 0. The summed E-state index contributed by atoms with van der Waals surface area (Å²) in [7, 11) is 6.37. The maximum Gasteiger partial charge on any atom is 0.416 e. The Hall–Kier alpha value is -1.46. The lowest BCUT2D eigenvalue weighted by atomic mass is 9.94. The molecule has 0 amide bonds. The number of hydrogen-bond acceptors (Lipinski definition) is 2. The first kappa shape index (κ1) is 12.6. The van der Waals surface area contributed by atoms with Gasteiger partial charge in [0.1, 0.15) is 5.75 Å². The fourth-order valence-corrected chi connectivity index (χ4v) is 1.21. The van der Waals surface area contributed by atoms with Gasteiger partial charge in [0, 0.05) is 0 Å². The summed E-state index contributed by atoms with van der Waals surface area (Å²) in [6, 6.07) is 2.70. The molecule has 16 heavy (non-hydrogen) atoms. The van der Waals surface area contributed by atoms with E-state index < -0.39 is 17.5 Å². The molecular formula is C10H8BF3O2. The van der Waals surface area contributed by atoms with E-state index in [2.05, 4.69) is 0 Å². The second kappa shape index (κ2) is 4.59. The molecule has 0 atom stereocenters. The van der Waals surface area contributed by atoms with Crippen LogP contribution in [-0.2, 0) is 6.18 Å². The highest BCUT2D eigenvalue weighted by atomic mass is 19.4. The van der Waals surface area contributed by atoms with Crippen LogP contribution in [0, 0.1) is 0 Å². The van der Waals surface area contributed by atoms with Crippen LogP contribution in [-0.4, -0.2) is 20.7 Å². The van der Waals surface area contributed by atoms with E-state index in [1.807, 2.05) is 0 Å². The molecule has 2 radical (unpaired) electrons. The molecule has 0 aromatic heterocycles. The highest BCUT2D eigenvalue weighted by Gasteiger charge is 2.31. The van der Waals surface area contributed by atoms with Crippen molar-refractivity contribution in [1.29, 1.82) is 0 Å². The molecule has 0 saturated carbocycles. The van der Waals surface area contributed by atoms with E-state index in [1.54, 1.807) is 0 Å². The first-order valence-electron chi connectivity index (χ1n) is 4.38. The van der Waals surface area contributed by atoms with Crippen LogP contribution >= 0.6 is 0 Å². The van der Waals surface area contributed by atoms with Crippen LogP contribution in [0.25, 0.3) is 0 Å². The van der Waals surface area contributed by atoms with E-state index in [1.165, 1.54) is 7.11 Å². The zero-order valence-corrected chi connectivity index (χ0v) is 8.47. The number of ketones is 1. The Morgan fingerprint density at radius 3 is 2.50 bits per heavy atom. The van der Waals surface area contributed by atoms with Crippen molar-refractivity contribution in [2.24, 2.45) is 0 Å². The molecule has 1 aromatic carbocycles. The molecule has 1 aromatic rings. The van der Waals surface area contributed by atoms with Gasteiger partial charge < -0.3 is 4.74 Å². The van der Waals surface area contributed by atoms with Gasteiger partial charge in [-0.25, -0.2) is 0 Å². The van der Waals surface area contributed by atoms with E-state index in [0.29, 0.717) is 0 Å². The van der Waals surface area contributed by atoms with Crippen molar-refractivity contribution < 1.29 is 22.7 Å². The second-order valence-corrected chi connectivity index (χ2v) is 3.04. The molecule has 0 saturated heterocycles. The van der Waals surface area contributed by atoms with Gasteiger partial charge in [-0.05, 0) is 24.5 Å². The Balaban J connectivity index is 3.27. The highest BCUT2D eigenvalue weighted by Crippen LogP contribution is 2.32. The molecule has 0 spiro atoms. The molecule has 0 aliphatic carbocycles. The number of ether oxygens (including phenoxy) is 1. The Morgan fingerprint density at radius 1 is 1.44 bits per heavy atom. The largest absolute Gasteiger partial charge is 0.496 e. The predicted octanol–water partition coefficient (Wildman–Crippen LogP) is 2.48. The Kier molecular flexibility index (Phi) is 3.62. The molecule has 2 nitrogen and oxygen atoms in total.